The molecule has 0 aromatic heterocycles. The lowest BCUT2D eigenvalue weighted by Gasteiger charge is -2.32. The first-order valence-electron chi connectivity index (χ1n) is 14.0. The van der Waals surface area contributed by atoms with E-state index in [4.69, 9.17) is 29.8 Å². The van der Waals surface area contributed by atoms with Crippen molar-refractivity contribution in [3.05, 3.63) is 75.7 Å². The molecule has 1 aliphatic heterocycles. The van der Waals surface area contributed by atoms with Gasteiger partial charge in [-0.15, -0.1) is 0 Å². The fourth-order valence-corrected chi connectivity index (χ4v) is 4.39. The fraction of sp³-hybridized carbons (Fsp3) is 0.500. The number of hydrogen-bond donors (Lipinski definition) is 3. The van der Waals surface area contributed by atoms with Crippen LogP contribution in [0, 0.1) is 0 Å². The minimum absolute atomic E-state index is 0.0140. The van der Waals surface area contributed by atoms with Gasteiger partial charge < -0.3 is 19.3 Å². The number of aliphatic hydroxyl groups is 1. The van der Waals surface area contributed by atoms with E-state index in [0.717, 1.165) is 0 Å². The van der Waals surface area contributed by atoms with Crippen LogP contribution >= 0.6 is 0 Å². The number of hydrazine groups is 1. The monoisotopic (exact) mass is 580 g/mol. The Balaban J connectivity index is 2.09. The third-order valence-corrected chi connectivity index (χ3v) is 6.28. The Kier molecular flexibility index (Phi) is 11.3. The average molecular weight is 581 g/mol. The summed E-state index contributed by atoms with van der Waals surface area (Å²) in [4.78, 5) is 34.6. The second kappa shape index (κ2) is 14.7. The maximum absolute atomic E-state index is 14.0. The number of nitrogens with zero attached hydrogens (tertiary/aromatic N) is 4. The van der Waals surface area contributed by atoms with E-state index in [-0.39, 0.29) is 37.9 Å². The molecule has 0 fully saturated rings. The van der Waals surface area contributed by atoms with E-state index in [2.05, 4.69) is 20.9 Å². The van der Waals surface area contributed by atoms with Crippen molar-refractivity contribution in [1.29, 1.82) is 0 Å². The van der Waals surface area contributed by atoms with E-state index in [1.54, 1.807) is 69.3 Å². The van der Waals surface area contributed by atoms with Gasteiger partial charge >= 0.3 is 5.97 Å². The molecule has 3 N–H and O–H groups in total. The van der Waals surface area contributed by atoms with Crippen LogP contribution in [-0.4, -0.2) is 53.3 Å². The lowest BCUT2D eigenvalue weighted by Crippen LogP contribution is -2.54. The molecule has 0 saturated heterocycles. The number of aliphatic hydroxyl groups excluding tert-OH is 1. The van der Waals surface area contributed by atoms with Gasteiger partial charge in [-0.25, -0.2) is 10.4 Å². The van der Waals surface area contributed by atoms with Gasteiger partial charge in [0.05, 0.1) is 13.2 Å². The van der Waals surface area contributed by atoms with Gasteiger partial charge in [-0.3, -0.25) is 15.0 Å². The van der Waals surface area contributed by atoms with E-state index in [1.807, 2.05) is 13.8 Å². The van der Waals surface area contributed by atoms with Gasteiger partial charge in [-0.05, 0) is 82.0 Å². The van der Waals surface area contributed by atoms with Crippen molar-refractivity contribution >= 4 is 17.8 Å². The van der Waals surface area contributed by atoms with E-state index in [9.17, 15) is 9.59 Å². The highest BCUT2D eigenvalue weighted by Gasteiger charge is 2.54. The number of carbonyl (C=O) groups is 2. The molecular formula is C30H40N6O6. The SMILES string of the molecule is CC(C)NNC(=O)[C@@]1(CCC(=O)OC(C)(C)C)N=C(c2ccc(OCCCO)cc2)O[C@H]1c1ccccc1CN=[N+]=[N-]. The number of rotatable bonds is 14. The summed E-state index contributed by atoms with van der Waals surface area (Å²) in [6.45, 7) is 9.53. The normalized spacial score (nSPS) is 18.1. The molecule has 1 amide bonds. The Morgan fingerprint density at radius 1 is 1.19 bits per heavy atom. The topological polar surface area (TPSA) is 167 Å². The minimum atomic E-state index is -1.57. The smallest absolute Gasteiger partial charge is 0.306 e. The number of nitrogens with one attached hydrogen (secondary N) is 2. The summed E-state index contributed by atoms with van der Waals surface area (Å²) in [5.74, 6) is -0.135. The van der Waals surface area contributed by atoms with Crippen molar-refractivity contribution in [3.63, 3.8) is 0 Å². The van der Waals surface area contributed by atoms with Crippen molar-refractivity contribution < 1.29 is 28.9 Å². The molecule has 2 aromatic rings. The second-order valence-electron chi connectivity index (χ2n) is 11.2. The zero-order valence-corrected chi connectivity index (χ0v) is 24.8. The molecule has 0 bridgehead atoms. The molecule has 12 heteroatoms. The van der Waals surface area contributed by atoms with Crippen LogP contribution < -0.4 is 15.6 Å². The van der Waals surface area contributed by atoms with Crippen LogP contribution in [0.5, 0.6) is 5.75 Å². The molecule has 1 aliphatic rings. The van der Waals surface area contributed by atoms with Crippen LogP contribution in [0.25, 0.3) is 10.4 Å². The Morgan fingerprint density at radius 3 is 2.55 bits per heavy atom. The zero-order chi connectivity index (χ0) is 30.8. The molecule has 2 atom stereocenters. The second-order valence-corrected chi connectivity index (χ2v) is 11.2. The Morgan fingerprint density at radius 2 is 1.90 bits per heavy atom. The molecule has 42 heavy (non-hydrogen) atoms. The Bertz CT molecular complexity index is 1300. The molecular weight excluding hydrogens is 540 g/mol. The van der Waals surface area contributed by atoms with E-state index < -0.39 is 29.1 Å². The largest absolute Gasteiger partial charge is 0.494 e. The van der Waals surface area contributed by atoms with Crippen LogP contribution in [-0.2, 0) is 25.6 Å². The Labute approximate surface area is 246 Å². The summed E-state index contributed by atoms with van der Waals surface area (Å²) in [5.41, 5.74) is 14.3. The third-order valence-electron chi connectivity index (χ3n) is 6.28. The molecule has 0 unspecified atom stereocenters. The highest BCUT2D eigenvalue weighted by atomic mass is 16.6. The number of esters is 1. The summed E-state index contributed by atoms with van der Waals surface area (Å²) < 4.78 is 17.7. The van der Waals surface area contributed by atoms with Crippen LogP contribution in [0.4, 0.5) is 0 Å². The number of aliphatic imine (C=N–C) groups is 1. The van der Waals surface area contributed by atoms with Gasteiger partial charge in [0, 0.05) is 36.0 Å². The average Bonchev–Trinajstić information content (AvgIpc) is 3.34. The van der Waals surface area contributed by atoms with E-state index in [0.29, 0.717) is 35.5 Å². The highest BCUT2D eigenvalue weighted by Crippen LogP contribution is 2.44. The summed E-state index contributed by atoms with van der Waals surface area (Å²) in [6, 6.07) is 14.2. The number of hydrogen-bond acceptors (Lipinski definition) is 9. The van der Waals surface area contributed by atoms with Crippen LogP contribution in [0.15, 0.2) is 58.6 Å². The predicted molar refractivity (Wildman–Crippen MR) is 158 cm³/mol. The van der Waals surface area contributed by atoms with Crippen molar-refractivity contribution in [3.8, 4) is 5.75 Å². The molecule has 0 radical (unpaired) electrons. The molecule has 226 valence electrons. The van der Waals surface area contributed by atoms with Gasteiger partial charge in [-0.1, -0.05) is 29.4 Å². The number of benzene rings is 2. The molecule has 3 rings (SSSR count). The molecule has 0 saturated carbocycles. The van der Waals surface area contributed by atoms with Gasteiger partial charge in [0.1, 0.15) is 11.4 Å². The standard InChI is InChI=1S/C30H40N6O6/c1-20(2)34-35-28(39)30(16-15-25(38)42-29(3,4)5)26(24-10-7-6-9-22(24)19-32-36-31)41-27(33-30)21-11-13-23(14-12-21)40-18-8-17-37/h6-7,9-14,20,26,34,37H,8,15-19H2,1-5H3,(H,35,39)/t26-,30-/m0/s1. The summed E-state index contributed by atoms with van der Waals surface area (Å²) in [7, 11) is 0. The summed E-state index contributed by atoms with van der Waals surface area (Å²) in [5, 5.41) is 12.7. The zero-order valence-electron chi connectivity index (χ0n) is 24.8. The predicted octanol–water partition coefficient (Wildman–Crippen LogP) is 4.67. The molecule has 0 spiro atoms. The molecule has 0 aliphatic carbocycles. The van der Waals surface area contributed by atoms with Gasteiger partial charge in [0.2, 0.25) is 5.90 Å². The van der Waals surface area contributed by atoms with Crippen molar-refractivity contribution in [1.82, 2.24) is 10.9 Å². The van der Waals surface area contributed by atoms with Crippen LogP contribution in [0.1, 0.15) is 76.7 Å². The van der Waals surface area contributed by atoms with E-state index in [1.165, 1.54) is 0 Å². The van der Waals surface area contributed by atoms with Crippen LogP contribution in [0.2, 0.25) is 0 Å². The summed E-state index contributed by atoms with van der Waals surface area (Å²) >= 11 is 0. The van der Waals surface area contributed by atoms with Crippen molar-refractivity contribution in [2.45, 2.75) is 83.7 Å². The van der Waals surface area contributed by atoms with Crippen molar-refractivity contribution in [2.75, 3.05) is 13.2 Å². The van der Waals surface area contributed by atoms with Gasteiger partial charge in [0.15, 0.2) is 11.6 Å². The lowest BCUT2D eigenvalue weighted by molar-refractivity contribution is -0.155. The Hall–Kier alpha value is -4.12. The third kappa shape index (κ3) is 8.69. The number of amides is 1. The van der Waals surface area contributed by atoms with E-state index >= 15 is 0 Å². The summed E-state index contributed by atoms with van der Waals surface area (Å²) in [6.07, 6.45) is -0.553. The maximum Gasteiger partial charge on any atom is 0.306 e. The highest BCUT2D eigenvalue weighted by molar-refractivity contribution is 6.01. The van der Waals surface area contributed by atoms with Gasteiger partial charge in [-0.2, -0.15) is 0 Å². The minimum Gasteiger partial charge on any atom is -0.494 e. The molecule has 12 nitrogen and oxygen atoms in total. The molecule has 2 aromatic carbocycles. The number of azide groups is 1. The lowest BCUT2D eigenvalue weighted by atomic mass is 9.82. The van der Waals surface area contributed by atoms with Crippen molar-refractivity contribution in [2.24, 2.45) is 10.1 Å². The first-order valence-corrected chi connectivity index (χ1v) is 14.0. The fourth-order valence-electron chi connectivity index (χ4n) is 4.39. The maximum atomic E-state index is 14.0. The first kappa shape index (κ1) is 32.4. The first-order chi connectivity index (χ1) is 20.0. The quantitative estimate of drug-likeness (QED) is 0.0729. The van der Waals surface area contributed by atoms with Crippen LogP contribution in [0.3, 0.4) is 0 Å². The molecule has 1 heterocycles. The number of ether oxygens (including phenoxy) is 3. The number of carbonyl (C=O) groups excluding carboxylic acids is 2. The van der Waals surface area contributed by atoms with Gasteiger partial charge in [0.25, 0.3) is 5.91 Å².